The molecule has 2 rings (SSSR count). The van der Waals surface area contributed by atoms with Crippen molar-refractivity contribution in [3.05, 3.63) is 65.7 Å². The first-order chi connectivity index (χ1) is 11.1. The number of carbonyl (C=O) groups is 1. The van der Waals surface area contributed by atoms with Gasteiger partial charge in [-0.25, -0.2) is 0 Å². The Morgan fingerprint density at radius 2 is 1.70 bits per heavy atom. The fourth-order valence-corrected chi connectivity index (χ4v) is 2.03. The van der Waals surface area contributed by atoms with E-state index >= 15 is 0 Å². The van der Waals surface area contributed by atoms with Crippen molar-refractivity contribution in [3.8, 4) is 5.75 Å². The van der Waals surface area contributed by atoms with E-state index < -0.39 is 0 Å². The number of nitrogens with zero attached hydrogens (tertiary/aromatic N) is 2. The van der Waals surface area contributed by atoms with Crippen molar-refractivity contribution in [1.29, 1.82) is 0 Å². The Labute approximate surface area is 136 Å². The molecular weight excluding hydrogens is 292 g/mol. The van der Waals surface area contributed by atoms with Gasteiger partial charge in [0, 0.05) is 14.1 Å². The Hall–Kier alpha value is -2.82. The molecule has 120 valence electrons. The molecule has 0 saturated heterocycles. The van der Waals surface area contributed by atoms with Gasteiger partial charge in [-0.1, -0.05) is 47.6 Å². The predicted octanol–water partition coefficient (Wildman–Crippen LogP) is 2.70. The lowest BCUT2D eigenvalue weighted by Crippen LogP contribution is -2.31. The number of benzene rings is 2. The molecule has 2 aromatic carbocycles. The second kappa shape index (κ2) is 7.98. The van der Waals surface area contributed by atoms with Crippen molar-refractivity contribution >= 4 is 11.6 Å². The molecule has 5 heteroatoms. The van der Waals surface area contributed by atoms with Gasteiger partial charge in [0.05, 0.1) is 5.56 Å². The van der Waals surface area contributed by atoms with E-state index in [4.69, 9.17) is 9.57 Å². The fourth-order valence-electron chi connectivity index (χ4n) is 2.03. The molecular formula is C18H20N2O3. The number of ether oxygens (including phenoxy) is 1. The second-order valence-corrected chi connectivity index (χ2v) is 5.09. The third-order valence-corrected chi connectivity index (χ3v) is 3.17. The lowest BCUT2D eigenvalue weighted by atomic mass is 10.1. The Kier molecular flexibility index (Phi) is 5.74. The van der Waals surface area contributed by atoms with Crippen LogP contribution in [0.2, 0.25) is 0 Å². The largest absolute Gasteiger partial charge is 0.488 e. The summed E-state index contributed by atoms with van der Waals surface area (Å²) in [6, 6.07) is 17.1. The zero-order valence-electron chi connectivity index (χ0n) is 13.5. The van der Waals surface area contributed by atoms with Gasteiger partial charge in [-0.15, -0.1) is 0 Å². The monoisotopic (exact) mass is 312 g/mol. The molecule has 0 bridgehead atoms. The van der Waals surface area contributed by atoms with Crippen LogP contribution in [-0.2, 0) is 16.2 Å². The molecule has 0 spiro atoms. The summed E-state index contributed by atoms with van der Waals surface area (Å²) in [5, 5.41) is 3.88. The molecule has 0 radical (unpaired) electrons. The van der Waals surface area contributed by atoms with Gasteiger partial charge in [-0.05, 0) is 17.7 Å². The highest BCUT2D eigenvalue weighted by Gasteiger charge is 2.20. The summed E-state index contributed by atoms with van der Waals surface area (Å²) < 4.78 is 5.87. The zero-order chi connectivity index (χ0) is 16.7. The summed E-state index contributed by atoms with van der Waals surface area (Å²) >= 11 is 0. The van der Waals surface area contributed by atoms with Gasteiger partial charge in [-0.3, -0.25) is 4.79 Å². The van der Waals surface area contributed by atoms with Crippen LogP contribution in [0.15, 0.2) is 59.8 Å². The van der Waals surface area contributed by atoms with Crippen molar-refractivity contribution in [3.63, 3.8) is 0 Å². The predicted molar refractivity (Wildman–Crippen MR) is 89.5 cm³/mol. The topological polar surface area (TPSA) is 51.1 Å². The van der Waals surface area contributed by atoms with Crippen LogP contribution in [0, 0.1) is 0 Å². The van der Waals surface area contributed by atoms with Crippen molar-refractivity contribution in [2.45, 2.75) is 6.61 Å². The van der Waals surface area contributed by atoms with E-state index in [1.807, 2.05) is 48.5 Å². The van der Waals surface area contributed by atoms with Gasteiger partial charge >= 0.3 is 0 Å². The molecule has 0 N–H and O–H groups in total. The average Bonchev–Trinajstić information content (AvgIpc) is 2.58. The third-order valence-electron chi connectivity index (χ3n) is 3.17. The van der Waals surface area contributed by atoms with Gasteiger partial charge < -0.3 is 14.5 Å². The van der Waals surface area contributed by atoms with Gasteiger partial charge in [-0.2, -0.15) is 0 Å². The number of oxime groups is 1. The second-order valence-electron chi connectivity index (χ2n) is 5.09. The third kappa shape index (κ3) is 4.32. The van der Waals surface area contributed by atoms with E-state index in [9.17, 15) is 4.79 Å². The maximum absolute atomic E-state index is 12.3. The summed E-state index contributed by atoms with van der Waals surface area (Å²) in [4.78, 5) is 18.6. The van der Waals surface area contributed by atoms with Crippen LogP contribution >= 0.6 is 0 Å². The van der Waals surface area contributed by atoms with Crippen LogP contribution in [0.5, 0.6) is 5.75 Å². The first kappa shape index (κ1) is 16.5. The minimum Gasteiger partial charge on any atom is -0.488 e. The molecule has 1 amide bonds. The van der Waals surface area contributed by atoms with E-state index in [2.05, 4.69) is 5.16 Å². The first-order valence-corrected chi connectivity index (χ1v) is 7.22. The average molecular weight is 312 g/mol. The van der Waals surface area contributed by atoms with Crippen molar-refractivity contribution in [1.82, 2.24) is 4.90 Å². The lowest BCUT2D eigenvalue weighted by Gasteiger charge is -2.15. The quantitative estimate of drug-likeness (QED) is 0.609. The van der Waals surface area contributed by atoms with Crippen LogP contribution in [0.3, 0.4) is 0 Å². The molecule has 0 fully saturated rings. The number of carbonyl (C=O) groups excluding carboxylic acids is 1. The SMILES string of the molecule is CON=C(C(=O)N(C)C)c1ccccc1OCc1ccccc1. The molecule has 0 aliphatic carbocycles. The number of amides is 1. The van der Waals surface area contributed by atoms with E-state index in [1.165, 1.54) is 12.0 Å². The van der Waals surface area contributed by atoms with Crippen molar-refractivity contribution in [2.75, 3.05) is 21.2 Å². The van der Waals surface area contributed by atoms with Gasteiger partial charge in [0.15, 0.2) is 5.71 Å². The molecule has 23 heavy (non-hydrogen) atoms. The minimum atomic E-state index is -0.248. The number of likely N-dealkylation sites (N-methyl/N-ethyl adjacent to an activating group) is 1. The maximum atomic E-state index is 12.3. The van der Waals surface area contributed by atoms with Crippen molar-refractivity contribution in [2.24, 2.45) is 5.16 Å². The smallest absolute Gasteiger partial charge is 0.276 e. The highest BCUT2D eigenvalue weighted by atomic mass is 16.6. The summed E-state index contributed by atoms with van der Waals surface area (Å²) in [7, 11) is 4.75. The number of rotatable bonds is 6. The highest BCUT2D eigenvalue weighted by molar-refractivity contribution is 6.45. The number of hydrogen-bond donors (Lipinski definition) is 0. The van der Waals surface area contributed by atoms with Gasteiger partial charge in [0.2, 0.25) is 0 Å². The van der Waals surface area contributed by atoms with E-state index in [1.54, 1.807) is 20.2 Å². The fraction of sp³-hybridized carbons (Fsp3) is 0.222. The molecule has 0 atom stereocenters. The van der Waals surface area contributed by atoms with E-state index in [0.717, 1.165) is 5.56 Å². The van der Waals surface area contributed by atoms with Crippen LogP contribution < -0.4 is 4.74 Å². The van der Waals surface area contributed by atoms with E-state index in [0.29, 0.717) is 17.9 Å². The Balaban J connectivity index is 2.28. The molecule has 0 heterocycles. The molecule has 0 aliphatic heterocycles. The normalized spacial score (nSPS) is 11.0. The van der Waals surface area contributed by atoms with Gasteiger partial charge in [0.1, 0.15) is 19.5 Å². The number of hydrogen-bond acceptors (Lipinski definition) is 4. The van der Waals surface area contributed by atoms with Crippen molar-refractivity contribution < 1.29 is 14.4 Å². The maximum Gasteiger partial charge on any atom is 0.276 e. The lowest BCUT2D eigenvalue weighted by molar-refractivity contribution is -0.121. The highest BCUT2D eigenvalue weighted by Crippen LogP contribution is 2.21. The van der Waals surface area contributed by atoms with E-state index in [-0.39, 0.29) is 11.6 Å². The first-order valence-electron chi connectivity index (χ1n) is 7.22. The van der Waals surface area contributed by atoms with Crippen LogP contribution in [0.4, 0.5) is 0 Å². The Morgan fingerprint density at radius 3 is 2.35 bits per heavy atom. The standard InChI is InChI=1S/C18H20N2O3/c1-20(2)18(21)17(19-22-3)15-11-7-8-12-16(15)23-13-14-9-5-4-6-10-14/h4-12H,13H2,1-3H3. The molecule has 0 saturated carbocycles. The summed E-state index contributed by atoms with van der Waals surface area (Å²) in [6.45, 7) is 0.411. The molecule has 0 aliphatic rings. The summed E-state index contributed by atoms with van der Waals surface area (Å²) in [6.07, 6.45) is 0. The van der Waals surface area contributed by atoms with Crippen LogP contribution in [0.25, 0.3) is 0 Å². The van der Waals surface area contributed by atoms with Crippen LogP contribution in [-0.4, -0.2) is 37.7 Å². The zero-order valence-corrected chi connectivity index (χ0v) is 13.5. The molecule has 0 unspecified atom stereocenters. The Bertz CT molecular complexity index is 682. The molecule has 2 aromatic rings. The Morgan fingerprint density at radius 1 is 1.04 bits per heavy atom. The summed E-state index contributed by atoms with van der Waals surface area (Å²) in [5.41, 5.74) is 1.86. The molecule has 5 nitrogen and oxygen atoms in total. The molecule has 0 aromatic heterocycles. The minimum absolute atomic E-state index is 0.209. The van der Waals surface area contributed by atoms with Gasteiger partial charge in [0.25, 0.3) is 5.91 Å². The van der Waals surface area contributed by atoms with Crippen LogP contribution in [0.1, 0.15) is 11.1 Å². The number of para-hydroxylation sites is 1. The summed E-state index contributed by atoms with van der Waals surface area (Å²) in [5.74, 6) is 0.338.